The van der Waals surface area contributed by atoms with Crippen LogP contribution in [0, 0.1) is 0 Å². The number of anilines is 1. The van der Waals surface area contributed by atoms with Crippen LogP contribution in [0.5, 0.6) is 0 Å². The van der Waals surface area contributed by atoms with Crippen LogP contribution in [-0.4, -0.2) is 28.9 Å². The van der Waals surface area contributed by atoms with E-state index < -0.39 is 41.2 Å². The maximum atomic E-state index is 13.2. The number of hydrogen-bond donors (Lipinski definition) is 2. The van der Waals surface area contributed by atoms with Crippen molar-refractivity contribution in [3.05, 3.63) is 22.3 Å². The number of amides is 1. The summed E-state index contributed by atoms with van der Waals surface area (Å²) in [6.07, 6.45) is -11.7. The van der Waals surface area contributed by atoms with Gasteiger partial charge in [0.2, 0.25) is 5.91 Å². The lowest BCUT2D eigenvalue weighted by Gasteiger charge is -2.38. The third kappa shape index (κ3) is 4.11. The summed E-state index contributed by atoms with van der Waals surface area (Å²) in [4.78, 5) is 14.5. The Morgan fingerprint density at radius 2 is 1.70 bits per heavy atom. The number of carbonyl (C=O) groups excluding carboxylic acids is 1. The average molecular weight is 384 g/mol. The van der Waals surface area contributed by atoms with E-state index in [0.29, 0.717) is 0 Å². The molecular formula is C11H9Cl2F6N3O. The molecule has 130 valence electrons. The summed E-state index contributed by atoms with van der Waals surface area (Å²) in [6, 6.07) is 0.900. The molecule has 12 heteroatoms. The quantitative estimate of drug-likeness (QED) is 0.606. The zero-order valence-corrected chi connectivity index (χ0v) is 12.8. The summed E-state index contributed by atoms with van der Waals surface area (Å²) < 4.78 is 79.0. The van der Waals surface area contributed by atoms with Gasteiger partial charge in [-0.05, 0) is 6.07 Å². The summed E-state index contributed by atoms with van der Waals surface area (Å²) in [7, 11) is 0. The van der Waals surface area contributed by atoms with Gasteiger partial charge in [-0.1, -0.05) is 30.1 Å². The van der Waals surface area contributed by atoms with Gasteiger partial charge in [0.1, 0.15) is 5.82 Å². The predicted octanol–water partition coefficient (Wildman–Crippen LogP) is 4.15. The molecule has 0 spiro atoms. The summed E-state index contributed by atoms with van der Waals surface area (Å²) >= 11 is 11.0. The molecule has 4 nitrogen and oxygen atoms in total. The zero-order valence-electron chi connectivity index (χ0n) is 11.2. The van der Waals surface area contributed by atoms with E-state index in [9.17, 15) is 31.1 Å². The Morgan fingerprint density at radius 1 is 1.17 bits per heavy atom. The van der Waals surface area contributed by atoms with Crippen LogP contribution in [0.2, 0.25) is 10.0 Å². The Labute approximate surface area is 136 Å². The normalized spacial score (nSPS) is 12.9. The van der Waals surface area contributed by atoms with Crippen LogP contribution in [0.15, 0.2) is 12.3 Å². The van der Waals surface area contributed by atoms with E-state index in [2.05, 4.69) is 4.98 Å². The van der Waals surface area contributed by atoms with Crippen LogP contribution in [0.4, 0.5) is 32.2 Å². The third-order valence-corrected chi connectivity index (χ3v) is 3.11. The van der Waals surface area contributed by atoms with Gasteiger partial charge in [-0.2, -0.15) is 26.3 Å². The number of hydrogen-bond acceptors (Lipinski definition) is 3. The minimum absolute atomic E-state index is 0.0947. The van der Waals surface area contributed by atoms with Crippen LogP contribution >= 0.6 is 23.2 Å². The molecule has 0 aliphatic heterocycles. The van der Waals surface area contributed by atoms with Crippen molar-refractivity contribution in [1.29, 1.82) is 0 Å². The number of rotatable bonds is 4. The van der Waals surface area contributed by atoms with Crippen LogP contribution in [-0.2, 0) is 4.79 Å². The molecule has 0 aromatic carbocycles. The smallest absolute Gasteiger partial charge is 0.331 e. The number of aromatic nitrogens is 1. The van der Waals surface area contributed by atoms with E-state index in [1.54, 1.807) is 0 Å². The van der Waals surface area contributed by atoms with Crippen molar-refractivity contribution in [2.45, 2.75) is 31.4 Å². The Kier molecular flexibility index (Phi) is 5.63. The number of nitrogens with one attached hydrogen (secondary N) is 2. The summed E-state index contributed by atoms with van der Waals surface area (Å²) in [5, 5.41) is 1.39. The van der Waals surface area contributed by atoms with Gasteiger partial charge in [-0.3, -0.25) is 4.79 Å². The first-order chi connectivity index (χ1) is 10.3. The largest absolute Gasteiger partial charge is 0.439 e. The topological polar surface area (TPSA) is 54.0 Å². The fourth-order valence-corrected chi connectivity index (χ4v) is 1.88. The third-order valence-electron chi connectivity index (χ3n) is 2.61. The molecule has 0 unspecified atom stereocenters. The van der Waals surface area contributed by atoms with Crippen molar-refractivity contribution in [2.75, 3.05) is 5.32 Å². The fourth-order valence-electron chi connectivity index (χ4n) is 1.46. The first kappa shape index (κ1) is 19.6. The van der Waals surface area contributed by atoms with E-state index in [0.717, 1.165) is 29.8 Å². The molecule has 0 aliphatic carbocycles. The van der Waals surface area contributed by atoms with Crippen molar-refractivity contribution >= 4 is 34.9 Å². The predicted molar refractivity (Wildman–Crippen MR) is 71.2 cm³/mol. The monoisotopic (exact) mass is 383 g/mol. The molecular weight excluding hydrogens is 375 g/mol. The van der Waals surface area contributed by atoms with E-state index in [-0.39, 0.29) is 5.02 Å². The maximum absolute atomic E-state index is 13.2. The summed E-state index contributed by atoms with van der Waals surface area (Å²) in [5.41, 5.74) is -4.75. The Hall–Kier alpha value is -1.42. The van der Waals surface area contributed by atoms with E-state index in [1.807, 2.05) is 0 Å². The number of nitrogens with zero attached hydrogens (tertiary/aromatic N) is 1. The SMILES string of the molecule is CCC(=O)NC(Nc1ncc(Cl)cc1Cl)(C(F)(F)F)C(F)(F)F. The summed E-state index contributed by atoms with van der Waals surface area (Å²) in [5.74, 6) is -2.42. The van der Waals surface area contributed by atoms with Gasteiger partial charge in [-0.25, -0.2) is 4.98 Å². The molecule has 0 saturated carbocycles. The first-order valence-electron chi connectivity index (χ1n) is 5.87. The van der Waals surface area contributed by atoms with Gasteiger partial charge >= 0.3 is 18.0 Å². The molecule has 0 atom stereocenters. The van der Waals surface area contributed by atoms with E-state index >= 15 is 0 Å². The molecule has 1 aromatic rings. The van der Waals surface area contributed by atoms with Crippen molar-refractivity contribution in [1.82, 2.24) is 10.3 Å². The average Bonchev–Trinajstić information content (AvgIpc) is 2.37. The van der Waals surface area contributed by atoms with Gasteiger partial charge < -0.3 is 10.6 Å². The lowest BCUT2D eigenvalue weighted by atomic mass is 10.1. The second-order valence-corrected chi connectivity index (χ2v) is 5.10. The molecule has 0 radical (unpaired) electrons. The first-order valence-corrected chi connectivity index (χ1v) is 6.63. The highest BCUT2D eigenvalue weighted by atomic mass is 35.5. The van der Waals surface area contributed by atoms with Gasteiger partial charge in [0.15, 0.2) is 0 Å². The number of pyridine rings is 1. The van der Waals surface area contributed by atoms with Gasteiger partial charge in [0.25, 0.3) is 0 Å². The van der Waals surface area contributed by atoms with Gasteiger partial charge in [0, 0.05) is 12.6 Å². The number of alkyl halides is 6. The van der Waals surface area contributed by atoms with Crippen LogP contribution < -0.4 is 10.6 Å². The second kappa shape index (κ2) is 6.60. The molecule has 1 amide bonds. The highest BCUT2D eigenvalue weighted by Gasteiger charge is 2.72. The van der Waals surface area contributed by atoms with Crippen molar-refractivity contribution in [3.63, 3.8) is 0 Å². The standard InChI is InChI=1S/C11H9Cl2F6N3O/c1-2-7(23)21-9(10(14,15)16,11(17,18)19)22-8-6(13)3-5(12)4-20-8/h3-4H,2H2,1H3,(H,20,22)(H,21,23). The second-order valence-electron chi connectivity index (χ2n) is 4.26. The Bertz CT molecular complexity index is 576. The molecule has 1 heterocycles. The van der Waals surface area contributed by atoms with Gasteiger partial charge in [0.05, 0.1) is 10.0 Å². The Morgan fingerprint density at radius 3 is 2.09 bits per heavy atom. The van der Waals surface area contributed by atoms with Crippen molar-refractivity contribution in [3.8, 4) is 0 Å². The molecule has 23 heavy (non-hydrogen) atoms. The highest BCUT2D eigenvalue weighted by molar-refractivity contribution is 6.35. The lowest BCUT2D eigenvalue weighted by molar-refractivity contribution is -0.296. The Balaban J connectivity index is 3.46. The molecule has 0 fully saturated rings. The lowest BCUT2D eigenvalue weighted by Crippen LogP contribution is -2.72. The van der Waals surface area contributed by atoms with E-state index in [4.69, 9.17) is 23.2 Å². The minimum atomic E-state index is -5.93. The molecule has 0 bridgehead atoms. The van der Waals surface area contributed by atoms with Crippen LogP contribution in [0.1, 0.15) is 13.3 Å². The fraction of sp³-hybridized carbons (Fsp3) is 0.455. The van der Waals surface area contributed by atoms with Gasteiger partial charge in [-0.15, -0.1) is 0 Å². The van der Waals surface area contributed by atoms with Crippen LogP contribution in [0.25, 0.3) is 0 Å². The molecule has 0 aliphatic rings. The maximum Gasteiger partial charge on any atom is 0.439 e. The molecule has 1 aromatic heterocycles. The summed E-state index contributed by atoms with van der Waals surface area (Å²) in [6.45, 7) is 1.10. The number of carbonyl (C=O) groups is 1. The minimum Gasteiger partial charge on any atom is -0.331 e. The molecule has 0 saturated heterocycles. The molecule has 1 rings (SSSR count). The zero-order chi connectivity index (χ0) is 18.1. The van der Waals surface area contributed by atoms with Crippen molar-refractivity contribution < 1.29 is 31.1 Å². The number of halogens is 8. The highest BCUT2D eigenvalue weighted by Crippen LogP contribution is 2.44. The van der Waals surface area contributed by atoms with Crippen LogP contribution in [0.3, 0.4) is 0 Å². The van der Waals surface area contributed by atoms with E-state index in [1.165, 1.54) is 0 Å². The van der Waals surface area contributed by atoms with Crippen molar-refractivity contribution in [2.24, 2.45) is 0 Å². The molecule has 2 N–H and O–H groups in total.